The van der Waals surface area contributed by atoms with Crippen molar-refractivity contribution >= 4 is 11.6 Å². The molecule has 2 aromatic carbocycles. The quantitative estimate of drug-likeness (QED) is 0.846. The van der Waals surface area contributed by atoms with Crippen LogP contribution in [0.15, 0.2) is 42.5 Å². The number of rotatable bonds is 4. The summed E-state index contributed by atoms with van der Waals surface area (Å²) < 4.78 is 39.2. The lowest BCUT2D eigenvalue weighted by molar-refractivity contribution is -0.137. The fourth-order valence-corrected chi connectivity index (χ4v) is 2.31. The van der Waals surface area contributed by atoms with E-state index in [1.54, 1.807) is 24.3 Å². The van der Waals surface area contributed by atoms with Gasteiger partial charge in [0, 0.05) is 11.6 Å². The Morgan fingerprint density at radius 1 is 1.00 bits per heavy atom. The Hall–Kier alpha value is -1.52. The largest absolute Gasteiger partial charge is 0.417 e. The molecule has 0 aliphatic heterocycles. The molecule has 0 saturated heterocycles. The van der Waals surface area contributed by atoms with Gasteiger partial charge in [0.25, 0.3) is 0 Å². The smallest absolute Gasteiger partial charge is 0.396 e. The van der Waals surface area contributed by atoms with Gasteiger partial charge in [-0.3, -0.25) is 0 Å². The van der Waals surface area contributed by atoms with E-state index in [4.69, 9.17) is 16.7 Å². The Bertz CT molecular complexity index is 606. The molecular formula is C16H14ClF3O. The second-order valence-electron chi connectivity index (χ2n) is 4.71. The van der Waals surface area contributed by atoms with Crippen LogP contribution in [0, 0.1) is 0 Å². The monoisotopic (exact) mass is 314 g/mol. The average Bonchev–Trinajstić information content (AvgIpc) is 2.45. The lowest BCUT2D eigenvalue weighted by Gasteiger charge is -2.14. The number of aryl methyl sites for hydroxylation is 1. The van der Waals surface area contributed by atoms with Crippen LogP contribution in [-0.4, -0.2) is 11.7 Å². The number of halogens is 4. The van der Waals surface area contributed by atoms with Crippen LogP contribution in [0.4, 0.5) is 13.2 Å². The molecule has 0 aliphatic rings. The van der Waals surface area contributed by atoms with Crippen LogP contribution in [-0.2, 0) is 12.6 Å². The second kappa shape index (κ2) is 6.50. The molecule has 0 atom stereocenters. The number of benzene rings is 2. The highest BCUT2D eigenvalue weighted by Gasteiger charge is 2.33. The second-order valence-corrected chi connectivity index (χ2v) is 5.15. The molecule has 21 heavy (non-hydrogen) atoms. The Labute approximate surface area is 126 Å². The number of hydrogen-bond acceptors (Lipinski definition) is 1. The first-order chi connectivity index (χ1) is 9.91. The van der Waals surface area contributed by atoms with E-state index < -0.39 is 11.7 Å². The van der Waals surface area contributed by atoms with Gasteiger partial charge in [-0.05, 0) is 41.7 Å². The van der Waals surface area contributed by atoms with E-state index in [9.17, 15) is 13.2 Å². The van der Waals surface area contributed by atoms with Gasteiger partial charge in [0.1, 0.15) is 0 Å². The van der Waals surface area contributed by atoms with Crippen molar-refractivity contribution < 1.29 is 18.3 Å². The summed E-state index contributed by atoms with van der Waals surface area (Å²) in [6, 6.07) is 10.6. The molecule has 1 nitrogen and oxygen atoms in total. The molecule has 0 amide bonds. The Balaban J connectivity index is 2.38. The summed E-state index contributed by atoms with van der Waals surface area (Å²) in [5, 5.41) is 8.84. The zero-order valence-electron chi connectivity index (χ0n) is 11.1. The molecule has 112 valence electrons. The third-order valence-electron chi connectivity index (χ3n) is 3.18. The number of alkyl halides is 3. The first-order valence-corrected chi connectivity index (χ1v) is 6.86. The molecule has 0 fully saturated rings. The van der Waals surface area contributed by atoms with E-state index >= 15 is 0 Å². The minimum absolute atomic E-state index is 0.0608. The summed E-state index contributed by atoms with van der Waals surface area (Å²) in [7, 11) is 0. The highest BCUT2D eigenvalue weighted by atomic mass is 35.5. The molecule has 5 heteroatoms. The van der Waals surface area contributed by atoms with E-state index in [0.29, 0.717) is 18.4 Å². The summed E-state index contributed by atoms with van der Waals surface area (Å²) in [4.78, 5) is 0. The van der Waals surface area contributed by atoms with Crippen molar-refractivity contribution in [1.82, 2.24) is 0 Å². The summed E-state index contributed by atoms with van der Waals surface area (Å²) in [5.41, 5.74) is 0.848. The van der Waals surface area contributed by atoms with Crippen LogP contribution >= 0.6 is 11.6 Å². The first kappa shape index (κ1) is 15.9. The van der Waals surface area contributed by atoms with E-state index in [1.807, 2.05) is 0 Å². The molecule has 0 heterocycles. The zero-order chi connectivity index (χ0) is 15.5. The lowest BCUT2D eigenvalue weighted by atomic mass is 9.97. The predicted molar refractivity (Wildman–Crippen MR) is 77.3 cm³/mol. The van der Waals surface area contributed by atoms with Gasteiger partial charge in [0.05, 0.1) is 5.56 Å². The third-order valence-corrected chi connectivity index (χ3v) is 3.41. The van der Waals surface area contributed by atoms with Gasteiger partial charge in [-0.25, -0.2) is 0 Å². The molecule has 0 radical (unpaired) electrons. The molecule has 0 bridgehead atoms. The fraction of sp³-hybridized carbons (Fsp3) is 0.250. The van der Waals surface area contributed by atoms with Crippen LogP contribution in [0.1, 0.15) is 17.5 Å². The van der Waals surface area contributed by atoms with Gasteiger partial charge < -0.3 is 5.11 Å². The Morgan fingerprint density at radius 2 is 1.67 bits per heavy atom. The predicted octanol–water partition coefficient (Wildman–Crippen LogP) is 4.95. The summed E-state index contributed by atoms with van der Waals surface area (Å²) in [6.45, 7) is 0.0944. The van der Waals surface area contributed by atoms with Gasteiger partial charge in [-0.1, -0.05) is 41.9 Å². The Morgan fingerprint density at radius 3 is 2.24 bits per heavy atom. The number of aliphatic hydroxyl groups excluding tert-OH is 1. The van der Waals surface area contributed by atoms with Crippen molar-refractivity contribution in [2.24, 2.45) is 0 Å². The Kier molecular flexibility index (Phi) is 4.91. The zero-order valence-corrected chi connectivity index (χ0v) is 11.9. The molecular weight excluding hydrogens is 301 g/mol. The topological polar surface area (TPSA) is 20.2 Å². The van der Waals surface area contributed by atoms with Gasteiger partial charge in [-0.2, -0.15) is 13.2 Å². The maximum absolute atomic E-state index is 13.1. The van der Waals surface area contributed by atoms with E-state index in [2.05, 4.69) is 0 Å². The number of aliphatic hydroxyl groups is 1. The van der Waals surface area contributed by atoms with E-state index in [-0.39, 0.29) is 17.2 Å². The minimum Gasteiger partial charge on any atom is -0.396 e. The van der Waals surface area contributed by atoms with Crippen LogP contribution < -0.4 is 0 Å². The fourth-order valence-electron chi connectivity index (χ4n) is 2.14. The number of hydrogen-bond donors (Lipinski definition) is 1. The van der Waals surface area contributed by atoms with Crippen LogP contribution in [0.5, 0.6) is 0 Å². The maximum atomic E-state index is 13.1. The van der Waals surface area contributed by atoms with Crippen molar-refractivity contribution in [2.45, 2.75) is 19.0 Å². The van der Waals surface area contributed by atoms with Crippen LogP contribution in [0.2, 0.25) is 5.02 Å². The highest BCUT2D eigenvalue weighted by molar-refractivity contribution is 6.30. The summed E-state index contributed by atoms with van der Waals surface area (Å²) in [6.07, 6.45) is -3.12. The molecule has 0 spiro atoms. The molecule has 0 aromatic heterocycles. The molecule has 0 saturated carbocycles. The van der Waals surface area contributed by atoms with E-state index in [1.165, 1.54) is 12.1 Å². The summed E-state index contributed by atoms with van der Waals surface area (Å²) in [5.74, 6) is 0. The standard InChI is InChI=1S/C16H14ClF3O/c17-13-7-8-14(15(10-13)16(18,19)20)12-5-3-11(4-6-12)2-1-9-21/h3-8,10,21H,1-2,9H2. The average molecular weight is 315 g/mol. The van der Waals surface area contributed by atoms with Crippen molar-refractivity contribution in [3.05, 3.63) is 58.6 Å². The van der Waals surface area contributed by atoms with Gasteiger partial charge in [0.2, 0.25) is 0 Å². The summed E-state index contributed by atoms with van der Waals surface area (Å²) >= 11 is 5.67. The van der Waals surface area contributed by atoms with Gasteiger partial charge in [-0.15, -0.1) is 0 Å². The molecule has 1 N–H and O–H groups in total. The van der Waals surface area contributed by atoms with Crippen molar-refractivity contribution in [3.8, 4) is 11.1 Å². The minimum atomic E-state index is -4.45. The van der Waals surface area contributed by atoms with Crippen LogP contribution in [0.25, 0.3) is 11.1 Å². The third kappa shape index (κ3) is 3.99. The SMILES string of the molecule is OCCCc1ccc(-c2ccc(Cl)cc2C(F)(F)F)cc1. The molecule has 2 rings (SSSR count). The van der Waals surface area contributed by atoms with Gasteiger partial charge in [0.15, 0.2) is 0 Å². The molecule has 0 aliphatic carbocycles. The lowest BCUT2D eigenvalue weighted by Crippen LogP contribution is -2.07. The maximum Gasteiger partial charge on any atom is 0.417 e. The van der Waals surface area contributed by atoms with Crippen molar-refractivity contribution in [3.63, 3.8) is 0 Å². The van der Waals surface area contributed by atoms with E-state index in [0.717, 1.165) is 11.6 Å². The highest BCUT2D eigenvalue weighted by Crippen LogP contribution is 2.38. The van der Waals surface area contributed by atoms with Crippen molar-refractivity contribution in [2.75, 3.05) is 6.61 Å². The van der Waals surface area contributed by atoms with Gasteiger partial charge >= 0.3 is 6.18 Å². The van der Waals surface area contributed by atoms with Crippen LogP contribution in [0.3, 0.4) is 0 Å². The van der Waals surface area contributed by atoms with Crippen molar-refractivity contribution in [1.29, 1.82) is 0 Å². The molecule has 0 unspecified atom stereocenters. The first-order valence-electron chi connectivity index (χ1n) is 6.49. The normalized spacial score (nSPS) is 11.7. The molecule has 2 aromatic rings.